The molecule has 17 heavy (non-hydrogen) atoms. The van der Waals surface area contributed by atoms with Crippen molar-refractivity contribution >= 4 is 11.9 Å². The zero-order chi connectivity index (χ0) is 13.8. The highest BCUT2D eigenvalue weighted by Gasteiger charge is 2.16. The van der Waals surface area contributed by atoms with Crippen molar-refractivity contribution in [2.75, 3.05) is 26.2 Å². The number of hydrogen-bond donors (Lipinski definition) is 4. The number of carboxylic acid groups (broad SMARTS) is 2. The molecule has 0 aliphatic heterocycles. The number of aliphatic hydroxyl groups is 1. The molecule has 7 nitrogen and oxygen atoms in total. The molecule has 0 spiro atoms. The summed E-state index contributed by atoms with van der Waals surface area (Å²) in [5.74, 6) is -2.85. The van der Waals surface area contributed by atoms with Gasteiger partial charge < -0.3 is 26.0 Å². The Balaban J connectivity index is 0. The number of hydrogen-bond acceptors (Lipinski definition) is 5. The minimum absolute atomic E-state index is 0.755. The lowest BCUT2D eigenvalue weighted by molar-refractivity contribution is -0.152. The number of nitrogens with zero attached hydrogens (tertiary/aromatic N) is 1. The number of nitrogens with two attached hydrogens (primary N) is 1. The third-order valence-corrected chi connectivity index (χ3v) is 1.99. The summed E-state index contributed by atoms with van der Waals surface area (Å²) in [6, 6.07) is 0. The fourth-order valence-corrected chi connectivity index (χ4v) is 0.975. The van der Waals surface area contributed by atoms with Crippen LogP contribution in [0.5, 0.6) is 0 Å². The maximum absolute atomic E-state index is 9.72. The van der Waals surface area contributed by atoms with E-state index in [0.717, 1.165) is 26.2 Å². The normalized spacial score (nSPS) is 11.6. The average molecular weight is 250 g/mol. The van der Waals surface area contributed by atoms with Crippen molar-refractivity contribution in [3.05, 3.63) is 0 Å². The summed E-state index contributed by atoms with van der Waals surface area (Å²) in [6.07, 6.45) is -2.54. The molecule has 0 aromatic carbocycles. The van der Waals surface area contributed by atoms with Gasteiger partial charge in [-0.2, -0.15) is 0 Å². The Morgan fingerprint density at radius 3 is 1.82 bits per heavy atom. The van der Waals surface area contributed by atoms with Gasteiger partial charge in [0.15, 0.2) is 6.10 Å². The summed E-state index contributed by atoms with van der Waals surface area (Å²) < 4.78 is 0. The summed E-state index contributed by atoms with van der Waals surface area (Å²) in [7, 11) is 0. The second-order valence-electron chi connectivity index (χ2n) is 3.27. The summed E-state index contributed by atoms with van der Waals surface area (Å²) >= 11 is 0. The molecule has 0 fully saturated rings. The van der Waals surface area contributed by atoms with Crippen molar-refractivity contribution in [2.45, 2.75) is 26.4 Å². The topological polar surface area (TPSA) is 124 Å². The molecule has 7 heteroatoms. The number of rotatable bonds is 7. The van der Waals surface area contributed by atoms with Crippen LogP contribution < -0.4 is 5.73 Å². The number of aliphatic hydroxyl groups excluding tert-OH is 1. The summed E-state index contributed by atoms with van der Waals surface area (Å²) in [5, 5.41) is 24.1. The third kappa shape index (κ3) is 12.8. The van der Waals surface area contributed by atoms with Crippen LogP contribution in [0.2, 0.25) is 0 Å². The van der Waals surface area contributed by atoms with E-state index in [0.29, 0.717) is 0 Å². The number of likely N-dealkylation sites (N-methyl/N-ethyl adjacent to an activating group) is 1. The van der Waals surface area contributed by atoms with Crippen molar-refractivity contribution in [2.24, 2.45) is 5.73 Å². The van der Waals surface area contributed by atoms with Gasteiger partial charge in [0.1, 0.15) is 0 Å². The van der Waals surface area contributed by atoms with Gasteiger partial charge in [0.05, 0.1) is 6.42 Å². The molecule has 0 aliphatic carbocycles. The van der Waals surface area contributed by atoms with Crippen LogP contribution in [0.4, 0.5) is 0 Å². The molecule has 0 aromatic rings. The molecule has 1 atom stereocenters. The Bertz CT molecular complexity index is 219. The van der Waals surface area contributed by atoms with Gasteiger partial charge in [-0.25, -0.2) is 4.79 Å². The van der Waals surface area contributed by atoms with Crippen LogP contribution in [0, 0.1) is 0 Å². The second-order valence-corrected chi connectivity index (χ2v) is 3.27. The van der Waals surface area contributed by atoms with Gasteiger partial charge in [-0.3, -0.25) is 4.79 Å². The predicted octanol–water partition coefficient (Wildman–Crippen LogP) is -0.806. The maximum Gasteiger partial charge on any atom is 0.333 e. The molecule has 0 aliphatic rings. The highest BCUT2D eigenvalue weighted by atomic mass is 16.4. The fraction of sp³-hybridized carbons (Fsp3) is 0.800. The van der Waals surface area contributed by atoms with Gasteiger partial charge in [0.2, 0.25) is 0 Å². The van der Waals surface area contributed by atoms with Crippen molar-refractivity contribution in [1.82, 2.24) is 4.90 Å². The zero-order valence-corrected chi connectivity index (χ0v) is 10.3. The molecule has 0 radical (unpaired) electrons. The first-order chi connectivity index (χ1) is 7.88. The predicted molar refractivity (Wildman–Crippen MR) is 62.7 cm³/mol. The first-order valence-electron chi connectivity index (χ1n) is 5.44. The van der Waals surface area contributed by atoms with Crippen molar-refractivity contribution < 1.29 is 24.9 Å². The van der Waals surface area contributed by atoms with Gasteiger partial charge in [0, 0.05) is 13.1 Å². The van der Waals surface area contributed by atoms with E-state index in [1.54, 1.807) is 0 Å². The van der Waals surface area contributed by atoms with E-state index in [2.05, 4.69) is 18.7 Å². The van der Waals surface area contributed by atoms with Crippen LogP contribution in [0.3, 0.4) is 0 Å². The summed E-state index contributed by atoms with van der Waals surface area (Å²) in [5.41, 5.74) is 5.34. The quantitative estimate of drug-likeness (QED) is 0.466. The molecular weight excluding hydrogens is 228 g/mol. The summed E-state index contributed by atoms with van der Waals surface area (Å²) in [4.78, 5) is 21.7. The molecule has 0 heterocycles. The Morgan fingerprint density at radius 2 is 1.71 bits per heavy atom. The first-order valence-corrected chi connectivity index (χ1v) is 5.44. The van der Waals surface area contributed by atoms with E-state index in [-0.39, 0.29) is 0 Å². The van der Waals surface area contributed by atoms with Gasteiger partial charge in [-0.15, -0.1) is 0 Å². The van der Waals surface area contributed by atoms with Gasteiger partial charge in [-0.05, 0) is 13.1 Å². The number of carbonyl (C=O) groups is 2. The lowest BCUT2D eigenvalue weighted by Gasteiger charge is -2.15. The lowest BCUT2D eigenvalue weighted by Crippen LogP contribution is -2.28. The highest BCUT2D eigenvalue weighted by Crippen LogP contribution is 1.89. The van der Waals surface area contributed by atoms with Crippen LogP contribution in [0.15, 0.2) is 0 Å². The molecule has 0 bridgehead atoms. The zero-order valence-electron chi connectivity index (χ0n) is 10.3. The Kier molecular flexibility index (Phi) is 12.1. The monoisotopic (exact) mass is 250 g/mol. The molecular formula is C10H22N2O5. The van der Waals surface area contributed by atoms with Crippen LogP contribution in [-0.2, 0) is 9.59 Å². The number of aliphatic carboxylic acids is 2. The second kappa shape index (κ2) is 11.3. The summed E-state index contributed by atoms with van der Waals surface area (Å²) in [6.45, 7) is 8.36. The van der Waals surface area contributed by atoms with Gasteiger partial charge in [-0.1, -0.05) is 13.8 Å². The van der Waals surface area contributed by atoms with Gasteiger partial charge >= 0.3 is 11.9 Å². The Morgan fingerprint density at radius 1 is 1.24 bits per heavy atom. The van der Waals surface area contributed by atoms with Crippen LogP contribution >= 0.6 is 0 Å². The largest absolute Gasteiger partial charge is 0.481 e. The Labute approximate surface area is 101 Å². The van der Waals surface area contributed by atoms with Gasteiger partial charge in [0.25, 0.3) is 0 Å². The van der Waals surface area contributed by atoms with Crippen molar-refractivity contribution in [1.29, 1.82) is 0 Å². The molecule has 0 aromatic heterocycles. The maximum atomic E-state index is 9.72. The molecule has 0 saturated heterocycles. The first kappa shape index (κ1) is 18.2. The molecule has 0 saturated carbocycles. The van der Waals surface area contributed by atoms with Crippen LogP contribution in [-0.4, -0.2) is 64.4 Å². The smallest absolute Gasteiger partial charge is 0.333 e. The van der Waals surface area contributed by atoms with E-state index in [1.165, 1.54) is 0 Å². The highest BCUT2D eigenvalue weighted by molar-refractivity contribution is 5.79. The molecule has 0 rings (SSSR count). The van der Waals surface area contributed by atoms with E-state index in [9.17, 15) is 9.59 Å². The fourth-order valence-electron chi connectivity index (χ4n) is 0.975. The SMILES string of the molecule is CCN(CC)CCN.O=C(O)C[C@H](O)C(=O)O. The number of carboxylic acids is 2. The minimum atomic E-state index is -1.79. The van der Waals surface area contributed by atoms with E-state index >= 15 is 0 Å². The Hall–Kier alpha value is -1.18. The minimum Gasteiger partial charge on any atom is -0.481 e. The molecule has 5 N–H and O–H groups in total. The van der Waals surface area contributed by atoms with E-state index < -0.39 is 24.5 Å². The van der Waals surface area contributed by atoms with Crippen molar-refractivity contribution in [3.63, 3.8) is 0 Å². The molecule has 102 valence electrons. The van der Waals surface area contributed by atoms with E-state index in [1.807, 2.05) is 0 Å². The lowest BCUT2D eigenvalue weighted by atomic mass is 10.3. The average Bonchev–Trinajstić information content (AvgIpc) is 2.25. The van der Waals surface area contributed by atoms with Crippen molar-refractivity contribution in [3.8, 4) is 0 Å². The standard InChI is InChI=1S/C6H16N2.C4H6O5/c1-3-8(4-2)6-5-7;5-2(4(8)9)1-3(6)7/h3-7H2,1-2H3;2,5H,1H2,(H,6,7)(H,8,9)/t;2-/m.0/s1. The third-order valence-electron chi connectivity index (χ3n) is 1.99. The molecule has 0 amide bonds. The van der Waals surface area contributed by atoms with Crippen LogP contribution in [0.25, 0.3) is 0 Å². The van der Waals surface area contributed by atoms with E-state index in [4.69, 9.17) is 21.1 Å². The van der Waals surface area contributed by atoms with Crippen LogP contribution in [0.1, 0.15) is 20.3 Å². The molecule has 0 unspecified atom stereocenters.